The van der Waals surface area contributed by atoms with Crippen LogP contribution in [0, 0.1) is 12.7 Å². The van der Waals surface area contributed by atoms with E-state index in [4.69, 9.17) is 9.52 Å². The third-order valence-electron chi connectivity index (χ3n) is 2.20. The predicted molar refractivity (Wildman–Crippen MR) is 60.1 cm³/mol. The smallest absolute Gasteiger partial charge is 0.371 e. The van der Waals surface area contributed by atoms with Gasteiger partial charge in [0.2, 0.25) is 5.76 Å². The first-order valence-corrected chi connectivity index (χ1v) is 4.92. The highest BCUT2D eigenvalue weighted by molar-refractivity contribution is 5.85. The van der Waals surface area contributed by atoms with Crippen molar-refractivity contribution in [2.45, 2.75) is 6.92 Å². The van der Waals surface area contributed by atoms with Crippen LogP contribution in [-0.2, 0) is 0 Å². The highest BCUT2D eigenvalue weighted by Gasteiger charge is 2.10. The minimum absolute atomic E-state index is 0.185. The maximum atomic E-state index is 13.5. The average molecular weight is 235 g/mol. The number of halogens is 1. The highest BCUT2D eigenvalue weighted by Crippen LogP contribution is 2.22. The lowest BCUT2D eigenvalue weighted by Gasteiger charge is -2.04. The Labute approximate surface area is 96.7 Å². The van der Waals surface area contributed by atoms with Crippen LogP contribution >= 0.6 is 0 Å². The molecule has 0 fully saturated rings. The molecule has 0 atom stereocenters. The van der Waals surface area contributed by atoms with Crippen molar-refractivity contribution in [2.24, 2.45) is 0 Å². The van der Waals surface area contributed by atoms with Crippen LogP contribution in [0.25, 0.3) is 0 Å². The van der Waals surface area contributed by atoms with E-state index in [-0.39, 0.29) is 17.3 Å². The Balaban J connectivity index is 2.22. The average Bonchev–Trinajstić information content (AvgIpc) is 2.71. The number of hydrogen-bond acceptors (Lipinski definition) is 3. The van der Waals surface area contributed by atoms with E-state index in [0.717, 1.165) is 5.56 Å². The monoisotopic (exact) mass is 235 g/mol. The summed E-state index contributed by atoms with van der Waals surface area (Å²) in [5.41, 5.74) is 1.04. The van der Waals surface area contributed by atoms with Crippen LogP contribution in [0.4, 0.5) is 16.0 Å². The Morgan fingerprint density at radius 3 is 2.71 bits per heavy atom. The maximum Gasteiger partial charge on any atom is 0.371 e. The lowest BCUT2D eigenvalue weighted by Crippen LogP contribution is -1.94. The van der Waals surface area contributed by atoms with Gasteiger partial charge < -0.3 is 14.8 Å². The van der Waals surface area contributed by atoms with Crippen molar-refractivity contribution >= 4 is 17.5 Å². The van der Waals surface area contributed by atoms with Crippen LogP contribution in [0.1, 0.15) is 16.1 Å². The second-order valence-corrected chi connectivity index (χ2v) is 3.58. The molecule has 1 heterocycles. The zero-order valence-electron chi connectivity index (χ0n) is 9.03. The van der Waals surface area contributed by atoms with E-state index in [2.05, 4.69) is 5.32 Å². The van der Waals surface area contributed by atoms with E-state index in [1.165, 1.54) is 18.2 Å². The van der Waals surface area contributed by atoms with Crippen molar-refractivity contribution in [2.75, 3.05) is 5.32 Å². The summed E-state index contributed by atoms with van der Waals surface area (Å²) >= 11 is 0. The van der Waals surface area contributed by atoms with E-state index >= 15 is 0 Å². The van der Waals surface area contributed by atoms with Gasteiger partial charge in [-0.25, -0.2) is 9.18 Å². The molecule has 0 unspecified atom stereocenters. The summed E-state index contributed by atoms with van der Waals surface area (Å²) in [5, 5.41) is 11.3. The summed E-state index contributed by atoms with van der Waals surface area (Å²) in [6.07, 6.45) is 0. The number of benzene rings is 1. The van der Waals surface area contributed by atoms with Crippen LogP contribution < -0.4 is 5.32 Å². The summed E-state index contributed by atoms with van der Waals surface area (Å²) in [7, 11) is 0. The molecule has 1 aromatic heterocycles. The zero-order valence-corrected chi connectivity index (χ0v) is 9.03. The summed E-state index contributed by atoms with van der Waals surface area (Å²) in [6, 6.07) is 7.42. The lowest BCUT2D eigenvalue weighted by molar-refractivity contribution is 0.0663. The summed E-state index contributed by atoms with van der Waals surface area (Å²) in [6.45, 7) is 1.78. The number of anilines is 2. The van der Waals surface area contributed by atoms with Crippen molar-refractivity contribution in [3.8, 4) is 0 Å². The first-order chi connectivity index (χ1) is 8.06. The molecular weight excluding hydrogens is 225 g/mol. The number of nitrogens with one attached hydrogen (secondary N) is 1. The molecule has 0 saturated carbocycles. The first kappa shape index (κ1) is 11.2. The fourth-order valence-electron chi connectivity index (χ4n) is 1.37. The van der Waals surface area contributed by atoms with Gasteiger partial charge in [0.15, 0.2) is 5.88 Å². The third-order valence-corrected chi connectivity index (χ3v) is 2.20. The largest absolute Gasteiger partial charge is 0.475 e. The molecular formula is C12H10FNO3. The van der Waals surface area contributed by atoms with Crippen LogP contribution in [0.15, 0.2) is 34.7 Å². The molecule has 2 N–H and O–H groups in total. The summed E-state index contributed by atoms with van der Waals surface area (Å²) in [5.74, 6) is -1.59. The van der Waals surface area contributed by atoms with Gasteiger partial charge in [0.25, 0.3) is 0 Å². The minimum Gasteiger partial charge on any atom is -0.475 e. The molecule has 0 bridgehead atoms. The van der Waals surface area contributed by atoms with Gasteiger partial charge in [0.1, 0.15) is 5.82 Å². The number of rotatable bonds is 3. The van der Waals surface area contributed by atoms with Crippen molar-refractivity contribution in [3.63, 3.8) is 0 Å². The topological polar surface area (TPSA) is 62.5 Å². The normalized spacial score (nSPS) is 10.2. The van der Waals surface area contributed by atoms with Crippen molar-refractivity contribution in [1.82, 2.24) is 0 Å². The molecule has 5 heteroatoms. The molecule has 88 valence electrons. The maximum absolute atomic E-state index is 13.5. The Kier molecular flexibility index (Phi) is 2.82. The summed E-state index contributed by atoms with van der Waals surface area (Å²) < 4.78 is 18.4. The second-order valence-electron chi connectivity index (χ2n) is 3.58. The number of aryl methyl sites for hydroxylation is 1. The van der Waals surface area contributed by atoms with Gasteiger partial charge in [-0.05, 0) is 30.7 Å². The van der Waals surface area contributed by atoms with Crippen LogP contribution in [0.2, 0.25) is 0 Å². The number of carboxylic acid groups (broad SMARTS) is 1. The molecule has 0 aliphatic carbocycles. The van der Waals surface area contributed by atoms with Gasteiger partial charge in [-0.15, -0.1) is 0 Å². The quantitative estimate of drug-likeness (QED) is 0.857. The van der Waals surface area contributed by atoms with Gasteiger partial charge in [-0.2, -0.15) is 0 Å². The molecule has 4 nitrogen and oxygen atoms in total. The van der Waals surface area contributed by atoms with E-state index in [1.807, 2.05) is 0 Å². The molecule has 0 amide bonds. The minimum atomic E-state index is -1.16. The van der Waals surface area contributed by atoms with E-state index in [9.17, 15) is 9.18 Å². The van der Waals surface area contributed by atoms with Gasteiger partial charge in [-0.3, -0.25) is 0 Å². The zero-order chi connectivity index (χ0) is 12.4. The van der Waals surface area contributed by atoms with Crippen molar-refractivity contribution < 1.29 is 18.7 Å². The Hall–Kier alpha value is -2.30. The van der Waals surface area contributed by atoms with Gasteiger partial charge in [0.05, 0.1) is 5.69 Å². The lowest BCUT2D eigenvalue weighted by atomic mass is 10.2. The first-order valence-electron chi connectivity index (χ1n) is 4.92. The molecule has 2 rings (SSSR count). The Bertz CT molecular complexity index is 563. The number of hydrogen-bond donors (Lipinski definition) is 2. The Morgan fingerprint density at radius 2 is 2.12 bits per heavy atom. The fraction of sp³-hybridized carbons (Fsp3) is 0.0833. The Morgan fingerprint density at radius 1 is 1.35 bits per heavy atom. The number of carboxylic acids is 1. The molecule has 17 heavy (non-hydrogen) atoms. The molecule has 0 aliphatic rings. The molecule has 0 radical (unpaired) electrons. The summed E-state index contributed by atoms with van der Waals surface area (Å²) in [4.78, 5) is 10.6. The van der Waals surface area contributed by atoms with Gasteiger partial charge >= 0.3 is 5.97 Å². The van der Waals surface area contributed by atoms with Crippen LogP contribution in [0.3, 0.4) is 0 Å². The van der Waals surface area contributed by atoms with Crippen molar-refractivity contribution in [3.05, 3.63) is 47.5 Å². The molecule has 0 spiro atoms. The molecule has 2 aromatic rings. The fourth-order valence-corrected chi connectivity index (χ4v) is 1.37. The van der Waals surface area contributed by atoms with Gasteiger partial charge in [-0.1, -0.05) is 6.07 Å². The van der Waals surface area contributed by atoms with Crippen molar-refractivity contribution in [1.29, 1.82) is 0 Å². The molecule has 0 aliphatic heterocycles. The van der Waals surface area contributed by atoms with E-state index in [0.29, 0.717) is 0 Å². The number of aromatic carboxylic acids is 1. The van der Waals surface area contributed by atoms with E-state index in [1.54, 1.807) is 19.1 Å². The van der Waals surface area contributed by atoms with Crippen LogP contribution in [0.5, 0.6) is 0 Å². The number of carbonyl (C=O) groups is 1. The molecule has 0 saturated heterocycles. The third kappa shape index (κ3) is 2.44. The van der Waals surface area contributed by atoms with Gasteiger partial charge in [0, 0.05) is 6.07 Å². The standard InChI is InChI=1S/C12H10FNO3/c1-7-2-3-9(8(13)6-7)14-11-5-4-10(17-11)12(15)16/h2-6,14H,1H3,(H,15,16). The number of furan rings is 1. The highest BCUT2D eigenvalue weighted by atomic mass is 19.1. The van der Waals surface area contributed by atoms with E-state index < -0.39 is 11.8 Å². The SMILES string of the molecule is Cc1ccc(Nc2ccc(C(=O)O)o2)c(F)c1. The second kappa shape index (κ2) is 4.29. The predicted octanol–water partition coefficient (Wildman–Crippen LogP) is 3.17. The van der Waals surface area contributed by atoms with Crippen LogP contribution in [-0.4, -0.2) is 11.1 Å². The molecule has 1 aromatic carbocycles.